The third-order valence-corrected chi connectivity index (χ3v) is 2.84. The van der Waals surface area contributed by atoms with Crippen LogP contribution in [0.2, 0.25) is 0 Å². The zero-order chi connectivity index (χ0) is 9.35. The zero-order valence-corrected chi connectivity index (χ0v) is 8.67. The van der Waals surface area contributed by atoms with E-state index in [4.69, 9.17) is 0 Å². The quantitative estimate of drug-likeness (QED) is 0.594. The largest absolute Gasteiger partial charge is 0.392 e. The van der Waals surface area contributed by atoms with Gasteiger partial charge in [0.15, 0.2) is 0 Å². The number of nitrogens with zero attached hydrogens (tertiary/aromatic N) is 1. The summed E-state index contributed by atoms with van der Waals surface area (Å²) in [5.41, 5.74) is 0.329. The lowest BCUT2D eigenvalue weighted by Gasteiger charge is -2.40. The first-order valence-electron chi connectivity index (χ1n) is 4.76. The van der Waals surface area contributed by atoms with Crippen LogP contribution in [0.15, 0.2) is 0 Å². The van der Waals surface area contributed by atoms with Gasteiger partial charge < -0.3 is 10.0 Å². The predicted molar refractivity (Wildman–Crippen MR) is 51.1 cm³/mol. The van der Waals surface area contributed by atoms with Crippen LogP contribution >= 0.6 is 0 Å². The summed E-state index contributed by atoms with van der Waals surface area (Å²) in [5, 5.41) is 9.57. The molecule has 1 aliphatic heterocycles. The summed E-state index contributed by atoms with van der Waals surface area (Å²) in [6, 6.07) is 0. The van der Waals surface area contributed by atoms with Gasteiger partial charge in [-0.05, 0) is 24.8 Å². The third-order valence-electron chi connectivity index (χ3n) is 2.84. The molecule has 12 heavy (non-hydrogen) atoms. The fourth-order valence-corrected chi connectivity index (χ4v) is 1.92. The molecule has 1 saturated heterocycles. The monoisotopic (exact) mass is 171 g/mol. The SMILES string of the molecule is CN1C[C@H](O)C[C@@H](C(C)(C)C)C1. The van der Waals surface area contributed by atoms with Gasteiger partial charge in [0, 0.05) is 13.1 Å². The Morgan fingerprint density at radius 2 is 1.83 bits per heavy atom. The fourth-order valence-electron chi connectivity index (χ4n) is 1.92. The first-order valence-corrected chi connectivity index (χ1v) is 4.76. The molecule has 1 N–H and O–H groups in total. The second-order valence-electron chi connectivity index (χ2n) is 5.17. The predicted octanol–water partition coefficient (Wildman–Crippen LogP) is 1.35. The van der Waals surface area contributed by atoms with Crippen molar-refractivity contribution in [3.63, 3.8) is 0 Å². The number of aliphatic hydroxyl groups is 1. The van der Waals surface area contributed by atoms with E-state index in [0.29, 0.717) is 11.3 Å². The molecule has 1 heterocycles. The van der Waals surface area contributed by atoms with Gasteiger partial charge >= 0.3 is 0 Å². The lowest BCUT2D eigenvalue weighted by atomic mass is 9.75. The molecule has 72 valence electrons. The van der Waals surface area contributed by atoms with Crippen molar-refractivity contribution in [3.8, 4) is 0 Å². The van der Waals surface area contributed by atoms with Crippen LogP contribution in [0.1, 0.15) is 27.2 Å². The van der Waals surface area contributed by atoms with E-state index in [1.807, 2.05) is 0 Å². The Hall–Kier alpha value is -0.0800. The number of piperidine rings is 1. The summed E-state index contributed by atoms with van der Waals surface area (Å²) in [4.78, 5) is 2.23. The highest BCUT2D eigenvalue weighted by Crippen LogP contribution is 2.32. The lowest BCUT2D eigenvalue weighted by Crippen LogP contribution is -2.44. The van der Waals surface area contributed by atoms with Gasteiger partial charge in [-0.25, -0.2) is 0 Å². The van der Waals surface area contributed by atoms with Gasteiger partial charge in [-0.15, -0.1) is 0 Å². The molecule has 0 unspecified atom stereocenters. The van der Waals surface area contributed by atoms with E-state index in [-0.39, 0.29) is 6.10 Å². The van der Waals surface area contributed by atoms with Crippen LogP contribution in [0.25, 0.3) is 0 Å². The number of likely N-dealkylation sites (N-methyl/N-ethyl adjacent to an activating group) is 1. The fraction of sp³-hybridized carbons (Fsp3) is 1.00. The van der Waals surface area contributed by atoms with Crippen molar-refractivity contribution >= 4 is 0 Å². The molecular weight excluding hydrogens is 150 g/mol. The van der Waals surface area contributed by atoms with Gasteiger partial charge in [-0.3, -0.25) is 0 Å². The molecule has 2 heteroatoms. The second kappa shape index (κ2) is 3.35. The highest BCUT2D eigenvalue weighted by molar-refractivity contribution is 4.84. The van der Waals surface area contributed by atoms with Crippen LogP contribution in [0.5, 0.6) is 0 Å². The molecule has 2 atom stereocenters. The number of β-amino-alcohol motifs (C(OH)–C–C–N with tert-alkyl or cyclic N) is 1. The van der Waals surface area contributed by atoms with Crippen LogP contribution in [-0.4, -0.2) is 36.2 Å². The van der Waals surface area contributed by atoms with Crippen LogP contribution in [0.3, 0.4) is 0 Å². The maximum absolute atomic E-state index is 9.57. The Labute approximate surface area is 75.6 Å². The minimum Gasteiger partial charge on any atom is -0.392 e. The van der Waals surface area contributed by atoms with E-state index in [9.17, 15) is 5.11 Å². The Morgan fingerprint density at radius 1 is 1.25 bits per heavy atom. The zero-order valence-electron chi connectivity index (χ0n) is 8.67. The lowest BCUT2D eigenvalue weighted by molar-refractivity contribution is 0.0157. The molecule has 0 aromatic carbocycles. The molecule has 1 rings (SSSR count). The van der Waals surface area contributed by atoms with E-state index in [1.165, 1.54) is 0 Å². The average molecular weight is 171 g/mol. The third kappa shape index (κ3) is 2.46. The van der Waals surface area contributed by atoms with E-state index in [2.05, 4.69) is 32.7 Å². The molecular formula is C10H21NO. The number of likely N-dealkylation sites (tertiary alicyclic amines) is 1. The summed E-state index contributed by atoms with van der Waals surface area (Å²) in [5.74, 6) is 0.631. The molecule has 0 aliphatic carbocycles. The van der Waals surface area contributed by atoms with Gasteiger partial charge in [0.1, 0.15) is 0 Å². The van der Waals surface area contributed by atoms with Crippen molar-refractivity contribution in [3.05, 3.63) is 0 Å². The Balaban J connectivity index is 2.55. The Kier molecular flexibility index (Phi) is 2.79. The topological polar surface area (TPSA) is 23.5 Å². The van der Waals surface area contributed by atoms with Gasteiger partial charge in [0.05, 0.1) is 6.10 Å². The molecule has 0 aromatic heterocycles. The van der Waals surface area contributed by atoms with Crippen molar-refractivity contribution < 1.29 is 5.11 Å². The van der Waals surface area contributed by atoms with Crippen LogP contribution < -0.4 is 0 Å². The number of hydrogen-bond donors (Lipinski definition) is 1. The highest BCUT2D eigenvalue weighted by Gasteiger charge is 2.31. The summed E-state index contributed by atoms with van der Waals surface area (Å²) in [6.45, 7) is 8.73. The maximum Gasteiger partial charge on any atom is 0.0670 e. The van der Waals surface area contributed by atoms with Crippen LogP contribution in [0, 0.1) is 11.3 Å². The van der Waals surface area contributed by atoms with Crippen molar-refractivity contribution in [1.82, 2.24) is 4.90 Å². The molecule has 0 spiro atoms. The van der Waals surface area contributed by atoms with Crippen molar-refractivity contribution in [2.24, 2.45) is 11.3 Å². The number of rotatable bonds is 0. The molecule has 0 bridgehead atoms. The van der Waals surface area contributed by atoms with E-state index >= 15 is 0 Å². The minimum absolute atomic E-state index is 0.118. The normalized spacial score (nSPS) is 33.8. The van der Waals surface area contributed by atoms with Crippen LogP contribution in [-0.2, 0) is 0 Å². The Bertz CT molecular complexity index is 140. The van der Waals surface area contributed by atoms with Crippen molar-refractivity contribution in [2.45, 2.75) is 33.3 Å². The standard InChI is InChI=1S/C10H21NO/c1-10(2,3)8-5-9(12)7-11(4)6-8/h8-9,12H,5-7H2,1-4H3/t8-,9-/m1/s1. The summed E-state index contributed by atoms with van der Waals surface area (Å²) in [6.07, 6.45) is 0.848. The summed E-state index contributed by atoms with van der Waals surface area (Å²) < 4.78 is 0. The highest BCUT2D eigenvalue weighted by atomic mass is 16.3. The minimum atomic E-state index is -0.118. The van der Waals surface area contributed by atoms with E-state index in [0.717, 1.165) is 19.5 Å². The molecule has 2 nitrogen and oxygen atoms in total. The smallest absolute Gasteiger partial charge is 0.0670 e. The van der Waals surface area contributed by atoms with E-state index in [1.54, 1.807) is 0 Å². The molecule has 1 fully saturated rings. The summed E-state index contributed by atoms with van der Waals surface area (Å²) in [7, 11) is 2.08. The first-order chi connectivity index (χ1) is 5.39. The Morgan fingerprint density at radius 3 is 2.25 bits per heavy atom. The van der Waals surface area contributed by atoms with Crippen LogP contribution in [0.4, 0.5) is 0 Å². The van der Waals surface area contributed by atoms with Gasteiger partial charge in [-0.2, -0.15) is 0 Å². The molecule has 0 saturated carbocycles. The molecule has 1 aliphatic rings. The van der Waals surface area contributed by atoms with Gasteiger partial charge in [0.25, 0.3) is 0 Å². The maximum atomic E-state index is 9.57. The van der Waals surface area contributed by atoms with Crippen molar-refractivity contribution in [1.29, 1.82) is 0 Å². The number of hydrogen-bond acceptors (Lipinski definition) is 2. The molecule has 0 radical (unpaired) electrons. The second-order valence-corrected chi connectivity index (χ2v) is 5.17. The van der Waals surface area contributed by atoms with E-state index < -0.39 is 0 Å². The molecule has 0 aromatic rings. The average Bonchev–Trinajstić information content (AvgIpc) is 1.82. The molecule has 0 amide bonds. The summed E-state index contributed by atoms with van der Waals surface area (Å²) >= 11 is 0. The van der Waals surface area contributed by atoms with Crippen molar-refractivity contribution in [2.75, 3.05) is 20.1 Å². The number of aliphatic hydroxyl groups excluding tert-OH is 1. The first kappa shape index (κ1) is 10.0. The van der Waals surface area contributed by atoms with Gasteiger partial charge in [0.2, 0.25) is 0 Å². The van der Waals surface area contributed by atoms with Gasteiger partial charge in [-0.1, -0.05) is 20.8 Å².